The number of carbonyl (C=O) groups is 1. The predicted molar refractivity (Wildman–Crippen MR) is 128 cm³/mol. The van der Waals surface area contributed by atoms with Crippen molar-refractivity contribution in [1.82, 2.24) is 14.8 Å². The third-order valence-electron chi connectivity index (χ3n) is 4.81. The number of nitrogens with zero attached hydrogens (tertiary/aromatic N) is 3. The third-order valence-corrected chi connectivity index (χ3v) is 6.48. The molecule has 1 aromatic heterocycles. The normalized spacial score (nSPS) is 11.0. The first-order valence-electron chi connectivity index (χ1n) is 9.63. The average Bonchev–Trinajstić information content (AvgIpc) is 3.19. The van der Waals surface area contributed by atoms with E-state index < -0.39 is 0 Å². The van der Waals surface area contributed by atoms with Gasteiger partial charge in [-0.3, -0.25) is 9.36 Å². The molecule has 156 valence electrons. The zero-order chi connectivity index (χ0) is 22.0. The Morgan fingerprint density at radius 3 is 2.16 bits per heavy atom. The van der Waals surface area contributed by atoms with E-state index in [1.807, 2.05) is 66.9 Å². The van der Waals surface area contributed by atoms with Crippen LogP contribution in [-0.4, -0.2) is 26.3 Å². The van der Waals surface area contributed by atoms with Gasteiger partial charge in [0.25, 0.3) is 0 Å². The van der Waals surface area contributed by atoms with E-state index in [9.17, 15) is 4.79 Å². The standard InChI is InChI=1S/C24H19Cl2N3OS/c1-15-3-7-17(8-4-15)23-27-28-24(29(23)19-10-5-16(2)6-11-19)31-14-22(30)18-9-12-20(25)21(26)13-18/h3-13H,14H2,1-2H3. The molecule has 3 aromatic carbocycles. The largest absolute Gasteiger partial charge is 0.293 e. The Morgan fingerprint density at radius 2 is 1.52 bits per heavy atom. The van der Waals surface area contributed by atoms with Gasteiger partial charge in [-0.15, -0.1) is 10.2 Å². The average molecular weight is 468 g/mol. The van der Waals surface area contributed by atoms with Crippen molar-refractivity contribution in [3.63, 3.8) is 0 Å². The molecule has 7 heteroatoms. The SMILES string of the molecule is Cc1ccc(-c2nnc(SCC(=O)c3ccc(Cl)c(Cl)c3)n2-c2ccc(C)cc2)cc1. The molecule has 0 amide bonds. The van der Waals surface area contributed by atoms with Crippen LogP contribution in [0.1, 0.15) is 21.5 Å². The Hall–Kier alpha value is -2.60. The van der Waals surface area contributed by atoms with E-state index in [-0.39, 0.29) is 11.5 Å². The minimum Gasteiger partial charge on any atom is -0.293 e. The Kier molecular flexibility index (Phi) is 6.46. The number of carbonyl (C=O) groups excluding carboxylic acids is 1. The summed E-state index contributed by atoms with van der Waals surface area (Å²) in [5, 5.41) is 10.3. The summed E-state index contributed by atoms with van der Waals surface area (Å²) in [5.41, 5.74) is 4.75. The molecule has 0 radical (unpaired) electrons. The van der Waals surface area contributed by atoms with Crippen LogP contribution in [0.3, 0.4) is 0 Å². The van der Waals surface area contributed by atoms with E-state index in [0.29, 0.717) is 20.8 Å². The van der Waals surface area contributed by atoms with E-state index in [1.165, 1.54) is 17.3 Å². The first-order valence-corrected chi connectivity index (χ1v) is 11.4. The molecule has 0 spiro atoms. The summed E-state index contributed by atoms with van der Waals surface area (Å²) < 4.78 is 1.98. The van der Waals surface area contributed by atoms with E-state index >= 15 is 0 Å². The quantitative estimate of drug-likeness (QED) is 0.230. The van der Waals surface area contributed by atoms with Crippen LogP contribution in [0.25, 0.3) is 17.1 Å². The van der Waals surface area contributed by atoms with Crippen LogP contribution in [0.2, 0.25) is 10.0 Å². The Balaban J connectivity index is 1.67. The second kappa shape index (κ2) is 9.27. The Morgan fingerprint density at radius 1 is 0.871 bits per heavy atom. The van der Waals surface area contributed by atoms with Crippen molar-refractivity contribution in [1.29, 1.82) is 0 Å². The van der Waals surface area contributed by atoms with Crippen molar-refractivity contribution in [2.45, 2.75) is 19.0 Å². The van der Waals surface area contributed by atoms with Gasteiger partial charge in [-0.05, 0) is 44.2 Å². The van der Waals surface area contributed by atoms with Gasteiger partial charge in [0, 0.05) is 16.8 Å². The molecule has 0 unspecified atom stereocenters. The number of aryl methyl sites for hydroxylation is 2. The molecule has 0 bridgehead atoms. The number of Topliss-reactive ketones (excluding diaryl/α,β-unsaturated/α-hetero) is 1. The second-order valence-corrected chi connectivity index (χ2v) is 8.94. The Bertz CT molecular complexity index is 1230. The molecule has 0 aliphatic rings. The maximum atomic E-state index is 12.7. The van der Waals surface area contributed by atoms with Crippen molar-refractivity contribution in [2.75, 3.05) is 5.75 Å². The molecule has 1 heterocycles. The lowest BCUT2D eigenvalue weighted by molar-refractivity contribution is 0.102. The van der Waals surface area contributed by atoms with Crippen LogP contribution in [0.4, 0.5) is 0 Å². The van der Waals surface area contributed by atoms with Crippen molar-refractivity contribution in [3.05, 3.63) is 93.5 Å². The van der Waals surface area contributed by atoms with Crippen LogP contribution >= 0.6 is 35.0 Å². The molecule has 0 aliphatic heterocycles. The first kappa shape index (κ1) is 21.6. The predicted octanol–water partition coefficient (Wildman–Crippen LogP) is 6.83. The summed E-state index contributed by atoms with van der Waals surface area (Å²) in [6.07, 6.45) is 0. The molecule has 0 N–H and O–H groups in total. The summed E-state index contributed by atoms with van der Waals surface area (Å²) in [5.74, 6) is 0.878. The van der Waals surface area contributed by atoms with Gasteiger partial charge in [0.05, 0.1) is 15.8 Å². The second-order valence-electron chi connectivity index (χ2n) is 7.18. The zero-order valence-corrected chi connectivity index (χ0v) is 19.3. The molecule has 0 saturated carbocycles. The molecule has 4 rings (SSSR count). The van der Waals surface area contributed by atoms with Crippen LogP contribution in [0.5, 0.6) is 0 Å². The minimum atomic E-state index is -0.0566. The summed E-state index contributed by atoms with van der Waals surface area (Å²) in [6.45, 7) is 4.09. The molecular formula is C24H19Cl2N3OS. The van der Waals surface area contributed by atoms with Crippen LogP contribution in [0, 0.1) is 13.8 Å². The number of hydrogen-bond acceptors (Lipinski definition) is 4. The van der Waals surface area contributed by atoms with Gasteiger partial charge in [0.15, 0.2) is 16.8 Å². The number of thioether (sulfide) groups is 1. The summed E-state index contributed by atoms with van der Waals surface area (Å²) in [4.78, 5) is 12.7. The van der Waals surface area contributed by atoms with Gasteiger partial charge in [-0.25, -0.2) is 0 Å². The molecule has 0 aliphatic carbocycles. The van der Waals surface area contributed by atoms with Gasteiger partial charge >= 0.3 is 0 Å². The summed E-state index contributed by atoms with van der Waals surface area (Å²) in [7, 11) is 0. The smallest absolute Gasteiger partial charge is 0.196 e. The van der Waals surface area contributed by atoms with Crippen LogP contribution in [0.15, 0.2) is 71.9 Å². The highest BCUT2D eigenvalue weighted by atomic mass is 35.5. The van der Waals surface area contributed by atoms with Gasteiger partial charge in [-0.2, -0.15) is 0 Å². The highest BCUT2D eigenvalue weighted by Gasteiger charge is 2.18. The lowest BCUT2D eigenvalue weighted by Gasteiger charge is -2.11. The molecule has 31 heavy (non-hydrogen) atoms. The summed E-state index contributed by atoms with van der Waals surface area (Å²) in [6, 6.07) is 21.2. The van der Waals surface area contributed by atoms with E-state index in [0.717, 1.165) is 22.6 Å². The number of rotatable bonds is 6. The minimum absolute atomic E-state index is 0.0566. The van der Waals surface area contributed by atoms with Gasteiger partial charge in [-0.1, -0.05) is 82.5 Å². The fourth-order valence-electron chi connectivity index (χ4n) is 3.06. The number of benzene rings is 3. The Labute approximate surface area is 195 Å². The molecule has 0 saturated heterocycles. The fraction of sp³-hybridized carbons (Fsp3) is 0.125. The lowest BCUT2D eigenvalue weighted by atomic mass is 10.1. The monoisotopic (exact) mass is 467 g/mol. The van der Waals surface area contributed by atoms with Crippen LogP contribution in [-0.2, 0) is 0 Å². The molecule has 0 atom stereocenters. The maximum Gasteiger partial charge on any atom is 0.196 e. The number of ketones is 1. The van der Waals surface area contributed by atoms with Gasteiger partial charge in [0.1, 0.15) is 0 Å². The number of aromatic nitrogens is 3. The van der Waals surface area contributed by atoms with E-state index in [1.54, 1.807) is 18.2 Å². The molecular weight excluding hydrogens is 449 g/mol. The topological polar surface area (TPSA) is 47.8 Å². The third kappa shape index (κ3) is 4.85. The maximum absolute atomic E-state index is 12.7. The van der Waals surface area contributed by atoms with Crippen molar-refractivity contribution in [3.8, 4) is 17.1 Å². The first-order chi connectivity index (χ1) is 14.9. The van der Waals surface area contributed by atoms with Crippen molar-refractivity contribution < 1.29 is 4.79 Å². The van der Waals surface area contributed by atoms with Gasteiger partial charge in [0.2, 0.25) is 0 Å². The highest BCUT2D eigenvalue weighted by molar-refractivity contribution is 7.99. The number of hydrogen-bond donors (Lipinski definition) is 0. The molecule has 4 aromatic rings. The zero-order valence-electron chi connectivity index (χ0n) is 17.0. The fourth-order valence-corrected chi connectivity index (χ4v) is 4.21. The van der Waals surface area contributed by atoms with Crippen molar-refractivity contribution in [2.24, 2.45) is 0 Å². The number of halogens is 2. The lowest BCUT2D eigenvalue weighted by Crippen LogP contribution is -2.05. The summed E-state index contributed by atoms with van der Waals surface area (Å²) >= 11 is 13.4. The molecule has 0 fully saturated rings. The highest BCUT2D eigenvalue weighted by Crippen LogP contribution is 2.29. The van der Waals surface area contributed by atoms with E-state index in [2.05, 4.69) is 10.2 Å². The van der Waals surface area contributed by atoms with Gasteiger partial charge < -0.3 is 0 Å². The molecule has 4 nitrogen and oxygen atoms in total. The van der Waals surface area contributed by atoms with E-state index in [4.69, 9.17) is 23.2 Å². The van der Waals surface area contributed by atoms with Crippen LogP contribution < -0.4 is 0 Å². The van der Waals surface area contributed by atoms with Crippen molar-refractivity contribution >= 4 is 40.7 Å².